The summed E-state index contributed by atoms with van der Waals surface area (Å²) in [7, 11) is 0. The van der Waals surface area contributed by atoms with Crippen molar-refractivity contribution >= 4 is 28.8 Å². The Balaban J connectivity index is 1.34. The third-order valence-electron chi connectivity index (χ3n) is 4.50. The number of hydrogen-bond acceptors (Lipinski definition) is 4. The van der Waals surface area contributed by atoms with Crippen LogP contribution < -0.4 is 10.6 Å². The molecule has 0 radical (unpaired) electrons. The lowest BCUT2D eigenvalue weighted by atomic mass is 10.1. The molecule has 142 valence electrons. The summed E-state index contributed by atoms with van der Waals surface area (Å²) in [6.45, 7) is 2.05. The lowest BCUT2D eigenvalue weighted by Gasteiger charge is -2.06. The van der Waals surface area contributed by atoms with Crippen molar-refractivity contribution < 1.29 is 9.59 Å². The second-order valence-electron chi connectivity index (χ2n) is 7.06. The number of hydrogen-bond donors (Lipinski definition) is 2. The predicted octanol–water partition coefficient (Wildman–Crippen LogP) is 4.19. The van der Waals surface area contributed by atoms with Crippen molar-refractivity contribution in [3.05, 3.63) is 70.7 Å². The maximum atomic E-state index is 12.3. The van der Waals surface area contributed by atoms with Crippen LogP contribution in [0.15, 0.2) is 53.9 Å². The molecule has 0 unspecified atom stereocenters. The van der Waals surface area contributed by atoms with Crippen LogP contribution in [0, 0.1) is 6.92 Å². The summed E-state index contributed by atoms with van der Waals surface area (Å²) in [5.74, 6) is -0.192. The van der Waals surface area contributed by atoms with Crippen molar-refractivity contribution in [3.63, 3.8) is 0 Å². The van der Waals surface area contributed by atoms with Crippen molar-refractivity contribution in [1.82, 2.24) is 10.3 Å². The number of rotatable bonds is 6. The van der Waals surface area contributed by atoms with E-state index in [1.165, 1.54) is 16.9 Å². The SMILES string of the molecule is Cc1cccc(-c2nc(CC(=O)Nc3ccc(C(=O)NC4CC4)cc3)cs2)c1. The molecule has 0 bridgehead atoms. The Kier molecular flexibility index (Phi) is 5.21. The third-order valence-corrected chi connectivity index (χ3v) is 5.44. The van der Waals surface area contributed by atoms with Gasteiger partial charge >= 0.3 is 0 Å². The Morgan fingerprint density at radius 3 is 2.64 bits per heavy atom. The summed E-state index contributed by atoms with van der Waals surface area (Å²) in [4.78, 5) is 28.9. The summed E-state index contributed by atoms with van der Waals surface area (Å²) in [6, 6.07) is 15.4. The first-order valence-electron chi connectivity index (χ1n) is 9.29. The van der Waals surface area contributed by atoms with Crippen molar-refractivity contribution in [1.29, 1.82) is 0 Å². The summed E-state index contributed by atoms with van der Waals surface area (Å²) < 4.78 is 0. The number of thiazole rings is 1. The minimum absolute atomic E-state index is 0.0634. The molecule has 0 atom stereocenters. The highest BCUT2D eigenvalue weighted by Crippen LogP contribution is 2.25. The monoisotopic (exact) mass is 391 g/mol. The van der Waals surface area contributed by atoms with Gasteiger partial charge in [0.15, 0.2) is 0 Å². The molecule has 0 aliphatic heterocycles. The van der Waals surface area contributed by atoms with E-state index in [2.05, 4.69) is 21.7 Å². The standard InChI is InChI=1S/C22H21N3O2S/c1-14-3-2-4-16(11-14)22-25-19(13-28-22)12-20(26)23-17-7-5-15(6-8-17)21(27)24-18-9-10-18/h2-8,11,13,18H,9-10,12H2,1H3,(H,23,26)(H,24,27). The molecule has 0 saturated heterocycles. The van der Waals surface area contributed by atoms with Crippen LogP contribution in [0.4, 0.5) is 5.69 Å². The molecule has 1 saturated carbocycles. The molecule has 1 aliphatic rings. The molecule has 6 heteroatoms. The molecular formula is C22H21N3O2S. The fourth-order valence-corrected chi connectivity index (χ4v) is 3.69. The molecule has 2 amide bonds. The molecule has 1 fully saturated rings. The average molecular weight is 391 g/mol. The largest absolute Gasteiger partial charge is 0.349 e. The van der Waals surface area contributed by atoms with Crippen LogP contribution in [0.5, 0.6) is 0 Å². The number of nitrogens with one attached hydrogen (secondary N) is 2. The molecule has 1 heterocycles. The van der Waals surface area contributed by atoms with E-state index in [0.29, 0.717) is 17.3 Å². The van der Waals surface area contributed by atoms with Gasteiger partial charge in [-0.25, -0.2) is 4.98 Å². The minimum Gasteiger partial charge on any atom is -0.349 e. The molecule has 1 aromatic heterocycles. The molecule has 4 rings (SSSR count). The lowest BCUT2D eigenvalue weighted by molar-refractivity contribution is -0.115. The number of amides is 2. The highest BCUT2D eigenvalue weighted by molar-refractivity contribution is 7.13. The van der Waals surface area contributed by atoms with Crippen molar-refractivity contribution in [2.75, 3.05) is 5.32 Å². The molecule has 28 heavy (non-hydrogen) atoms. The van der Waals surface area contributed by atoms with Gasteiger partial charge in [-0.1, -0.05) is 23.8 Å². The third kappa shape index (κ3) is 4.64. The maximum Gasteiger partial charge on any atom is 0.251 e. The first-order chi connectivity index (χ1) is 13.6. The second kappa shape index (κ2) is 7.94. The first-order valence-corrected chi connectivity index (χ1v) is 10.2. The zero-order valence-corrected chi connectivity index (χ0v) is 16.4. The number of carbonyl (C=O) groups excluding carboxylic acids is 2. The molecule has 2 aromatic carbocycles. The van der Waals surface area contributed by atoms with E-state index in [0.717, 1.165) is 29.1 Å². The number of aryl methyl sites for hydroxylation is 1. The van der Waals surface area contributed by atoms with E-state index in [1.807, 2.05) is 30.5 Å². The molecule has 1 aliphatic carbocycles. The summed E-state index contributed by atoms with van der Waals surface area (Å²) in [6.07, 6.45) is 2.33. The van der Waals surface area contributed by atoms with Gasteiger partial charge in [0.05, 0.1) is 12.1 Å². The van der Waals surface area contributed by atoms with Crippen LogP contribution >= 0.6 is 11.3 Å². The number of aromatic nitrogens is 1. The van der Waals surface area contributed by atoms with Crippen LogP contribution in [-0.4, -0.2) is 22.8 Å². The van der Waals surface area contributed by atoms with Gasteiger partial charge in [-0.3, -0.25) is 9.59 Å². The van der Waals surface area contributed by atoms with Gasteiger partial charge < -0.3 is 10.6 Å². The highest BCUT2D eigenvalue weighted by Gasteiger charge is 2.23. The van der Waals surface area contributed by atoms with Crippen LogP contribution in [0.1, 0.15) is 34.5 Å². The molecule has 5 nitrogen and oxygen atoms in total. The quantitative estimate of drug-likeness (QED) is 0.662. The normalized spacial score (nSPS) is 13.2. The zero-order chi connectivity index (χ0) is 19.5. The Bertz CT molecular complexity index is 1010. The second-order valence-corrected chi connectivity index (χ2v) is 7.92. The van der Waals surface area contributed by atoms with E-state index in [1.54, 1.807) is 24.3 Å². The van der Waals surface area contributed by atoms with Gasteiger partial charge in [0.2, 0.25) is 5.91 Å². The lowest BCUT2D eigenvalue weighted by Crippen LogP contribution is -2.25. The van der Waals surface area contributed by atoms with Crippen LogP contribution in [0.25, 0.3) is 10.6 Å². The smallest absolute Gasteiger partial charge is 0.251 e. The van der Waals surface area contributed by atoms with Crippen LogP contribution in [-0.2, 0) is 11.2 Å². The van der Waals surface area contributed by atoms with E-state index in [-0.39, 0.29) is 18.2 Å². The minimum atomic E-state index is -0.128. The Labute approximate surface area is 167 Å². The first kappa shape index (κ1) is 18.4. The number of nitrogens with zero attached hydrogens (tertiary/aromatic N) is 1. The van der Waals surface area contributed by atoms with Crippen molar-refractivity contribution in [2.45, 2.75) is 32.2 Å². The Morgan fingerprint density at radius 1 is 1.14 bits per heavy atom. The maximum absolute atomic E-state index is 12.3. The average Bonchev–Trinajstić information content (AvgIpc) is 3.37. The molecule has 3 aromatic rings. The van der Waals surface area contributed by atoms with E-state index in [9.17, 15) is 9.59 Å². The molecule has 2 N–H and O–H groups in total. The Hall–Kier alpha value is -2.99. The van der Waals surface area contributed by atoms with Gasteiger partial charge in [-0.2, -0.15) is 0 Å². The highest BCUT2D eigenvalue weighted by atomic mass is 32.1. The number of benzene rings is 2. The Morgan fingerprint density at radius 2 is 1.93 bits per heavy atom. The topological polar surface area (TPSA) is 71.1 Å². The fraction of sp³-hybridized carbons (Fsp3) is 0.227. The molecular weight excluding hydrogens is 370 g/mol. The van der Waals surface area contributed by atoms with Crippen LogP contribution in [0.2, 0.25) is 0 Å². The van der Waals surface area contributed by atoms with Gasteiger partial charge in [-0.15, -0.1) is 11.3 Å². The van der Waals surface area contributed by atoms with E-state index >= 15 is 0 Å². The summed E-state index contributed by atoms with van der Waals surface area (Å²) in [5.41, 5.74) is 4.27. The molecule has 0 spiro atoms. The van der Waals surface area contributed by atoms with Gasteiger partial charge in [0.1, 0.15) is 5.01 Å². The predicted molar refractivity (Wildman–Crippen MR) is 112 cm³/mol. The number of anilines is 1. The van der Waals surface area contributed by atoms with Gasteiger partial charge in [0, 0.05) is 28.2 Å². The fourth-order valence-electron chi connectivity index (χ4n) is 2.87. The van der Waals surface area contributed by atoms with E-state index in [4.69, 9.17) is 0 Å². The summed E-state index contributed by atoms with van der Waals surface area (Å²) in [5, 5.41) is 8.64. The van der Waals surface area contributed by atoms with Crippen LogP contribution in [0.3, 0.4) is 0 Å². The van der Waals surface area contributed by atoms with Crippen molar-refractivity contribution in [3.8, 4) is 10.6 Å². The zero-order valence-electron chi connectivity index (χ0n) is 15.6. The van der Waals surface area contributed by atoms with Gasteiger partial charge in [0.25, 0.3) is 5.91 Å². The number of carbonyl (C=O) groups is 2. The summed E-state index contributed by atoms with van der Waals surface area (Å²) >= 11 is 1.54. The van der Waals surface area contributed by atoms with E-state index < -0.39 is 0 Å². The van der Waals surface area contributed by atoms with Gasteiger partial charge in [-0.05, 0) is 50.1 Å². The van der Waals surface area contributed by atoms with Crippen molar-refractivity contribution in [2.24, 2.45) is 0 Å².